The molecule has 0 amide bonds. The first-order chi connectivity index (χ1) is 12.6. The van der Waals surface area contributed by atoms with E-state index in [0.717, 1.165) is 22.6 Å². The molecule has 0 spiro atoms. The predicted molar refractivity (Wildman–Crippen MR) is 113 cm³/mol. The quantitative estimate of drug-likeness (QED) is 0.500. The summed E-state index contributed by atoms with van der Waals surface area (Å²) in [6.07, 6.45) is 1.96. The van der Waals surface area contributed by atoms with Crippen molar-refractivity contribution in [3.63, 3.8) is 0 Å². The van der Waals surface area contributed by atoms with E-state index >= 15 is 0 Å². The van der Waals surface area contributed by atoms with Gasteiger partial charge in [0.25, 0.3) is 0 Å². The van der Waals surface area contributed by atoms with Crippen LogP contribution in [0.3, 0.4) is 0 Å². The first-order valence-electron chi connectivity index (χ1n) is 9.11. The summed E-state index contributed by atoms with van der Waals surface area (Å²) in [6.45, 7) is 8.66. The standard InChI is InChI=1S/C24H26N2/c1-17(2)21-13-6-8-15-23(21)25-16-20-12-5-7-14-22(20)26-24-18(3)10-9-11-19(24)4/h5-17,26H,1-4H3. The van der Waals surface area contributed by atoms with Crippen LogP contribution in [0.2, 0.25) is 0 Å². The van der Waals surface area contributed by atoms with Crippen molar-refractivity contribution in [1.29, 1.82) is 0 Å². The van der Waals surface area contributed by atoms with E-state index in [2.05, 4.69) is 87.6 Å². The van der Waals surface area contributed by atoms with E-state index in [4.69, 9.17) is 4.99 Å². The molecule has 132 valence electrons. The van der Waals surface area contributed by atoms with Crippen LogP contribution in [0, 0.1) is 13.8 Å². The van der Waals surface area contributed by atoms with Crippen molar-refractivity contribution >= 4 is 23.3 Å². The Kier molecular flexibility index (Phi) is 5.52. The largest absolute Gasteiger partial charge is 0.355 e. The van der Waals surface area contributed by atoms with Crippen molar-refractivity contribution in [3.8, 4) is 0 Å². The van der Waals surface area contributed by atoms with Crippen LogP contribution in [0.15, 0.2) is 71.7 Å². The second kappa shape index (κ2) is 8.01. The maximum absolute atomic E-state index is 4.78. The van der Waals surface area contributed by atoms with Crippen molar-refractivity contribution < 1.29 is 0 Å². The lowest BCUT2D eigenvalue weighted by molar-refractivity contribution is 0.867. The highest BCUT2D eigenvalue weighted by Crippen LogP contribution is 2.28. The Morgan fingerprint density at radius 3 is 2.19 bits per heavy atom. The minimum atomic E-state index is 0.450. The second-order valence-electron chi connectivity index (χ2n) is 6.95. The first kappa shape index (κ1) is 17.9. The van der Waals surface area contributed by atoms with Crippen LogP contribution in [0.1, 0.15) is 42.0 Å². The molecule has 3 rings (SSSR count). The van der Waals surface area contributed by atoms with Gasteiger partial charge in [0.2, 0.25) is 0 Å². The summed E-state index contributed by atoms with van der Waals surface area (Å²) < 4.78 is 0. The van der Waals surface area contributed by atoms with Crippen LogP contribution < -0.4 is 5.32 Å². The summed E-state index contributed by atoms with van der Waals surface area (Å²) in [4.78, 5) is 4.78. The summed E-state index contributed by atoms with van der Waals surface area (Å²) in [7, 11) is 0. The minimum Gasteiger partial charge on any atom is -0.355 e. The third-order valence-electron chi connectivity index (χ3n) is 4.60. The Balaban J connectivity index is 1.94. The fourth-order valence-electron chi connectivity index (χ4n) is 3.10. The number of anilines is 2. The molecule has 2 heteroatoms. The molecule has 0 aliphatic carbocycles. The molecule has 0 radical (unpaired) electrons. The zero-order valence-corrected chi connectivity index (χ0v) is 16.0. The summed E-state index contributed by atoms with van der Waals surface area (Å²) in [5, 5.41) is 3.59. The number of rotatable bonds is 5. The molecule has 26 heavy (non-hydrogen) atoms. The van der Waals surface area contributed by atoms with E-state index in [-0.39, 0.29) is 0 Å². The summed E-state index contributed by atoms with van der Waals surface area (Å²) >= 11 is 0. The molecule has 0 saturated heterocycles. The lowest BCUT2D eigenvalue weighted by Gasteiger charge is -2.14. The molecule has 0 aromatic heterocycles. The summed E-state index contributed by atoms with van der Waals surface area (Å²) in [5.74, 6) is 0.450. The Morgan fingerprint density at radius 1 is 0.808 bits per heavy atom. The first-order valence-corrected chi connectivity index (χ1v) is 9.11. The van der Waals surface area contributed by atoms with Gasteiger partial charge in [-0.3, -0.25) is 4.99 Å². The number of benzene rings is 3. The van der Waals surface area contributed by atoms with Gasteiger partial charge in [0.05, 0.1) is 5.69 Å². The molecule has 0 bridgehead atoms. The highest BCUT2D eigenvalue weighted by molar-refractivity contribution is 5.91. The van der Waals surface area contributed by atoms with Crippen LogP contribution in [0.5, 0.6) is 0 Å². The predicted octanol–water partition coefficient (Wildman–Crippen LogP) is 6.92. The number of aliphatic imine (C=N–C) groups is 1. The Morgan fingerprint density at radius 2 is 1.46 bits per heavy atom. The number of aryl methyl sites for hydroxylation is 2. The monoisotopic (exact) mass is 342 g/mol. The maximum Gasteiger partial charge on any atom is 0.0664 e. The molecule has 0 unspecified atom stereocenters. The summed E-state index contributed by atoms with van der Waals surface area (Å²) in [5.41, 5.74) is 8.08. The summed E-state index contributed by atoms with van der Waals surface area (Å²) in [6, 6.07) is 23.0. The van der Waals surface area contributed by atoms with Gasteiger partial charge in [0.1, 0.15) is 0 Å². The number of nitrogens with zero attached hydrogens (tertiary/aromatic N) is 1. The molecular formula is C24H26N2. The SMILES string of the molecule is Cc1cccc(C)c1Nc1ccccc1C=Nc1ccccc1C(C)C. The second-order valence-corrected chi connectivity index (χ2v) is 6.95. The molecular weight excluding hydrogens is 316 g/mol. The zero-order chi connectivity index (χ0) is 18.5. The van der Waals surface area contributed by atoms with Crippen LogP contribution >= 0.6 is 0 Å². The molecule has 0 atom stereocenters. The van der Waals surface area contributed by atoms with Crippen LogP contribution in [-0.4, -0.2) is 6.21 Å². The molecule has 0 aliphatic heterocycles. The van der Waals surface area contributed by atoms with Crippen LogP contribution in [0.4, 0.5) is 17.1 Å². The number of para-hydroxylation sites is 3. The molecule has 3 aromatic carbocycles. The average molecular weight is 342 g/mol. The lowest BCUT2D eigenvalue weighted by atomic mass is 10.0. The fourth-order valence-corrected chi connectivity index (χ4v) is 3.10. The normalized spacial score (nSPS) is 11.3. The van der Waals surface area contributed by atoms with Crippen molar-refractivity contribution in [1.82, 2.24) is 0 Å². The number of hydrogen-bond donors (Lipinski definition) is 1. The van der Waals surface area contributed by atoms with Crippen molar-refractivity contribution in [3.05, 3.63) is 89.0 Å². The van der Waals surface area contributed by atoms with Gasteiger partial charge in [-0.15, -0.1) is 0 Å². The van der Waals surface area contributed by atoms with E-state index in [9.17, 15) is 0 Å². The zero-order valence-electron chi connectivity index (χ0n) is 16.0. The maximum atomic E-state index is 4.78. The van der Waals surface area contributed by atoms with Gasteiger partial charge >= 0.3 is 0 Å². The third kappa shape index (κ3) is 4.02. The van der Waals surface area contributed by atoms with Crippen molar-refractivity contribution in [2.45, 2.75) is 33.6 Å². The molecule has 1 N–H and O–H groups in total. The van der Waals surface area contributed by atoms with Gasteiger partial charge in [-0.25, -0.2) is 0 Å². The van der Waals surface area contributed by atoms with Gasteiger partial charge in [-0.05, 0) is 48.6 Å². The fraction of sp³-hybridized carbons (Fsp3) is 0.208. The molecule has 2 nitrogen and oxygen atoms in total. The molecule has 0 saturated carbocycles. The van der Waals surface area contributed by atoms with Gasteiger partial charge in [0, 0.05) is 23.2 Å². The topological polar surface area (TPSA) is 24.4 Å². The number of hydrogen-bond acceptors (Lipinski definition) is 2. The van der Waals surface area contributed by atoms with E-state index in [1.807, 2.05) is 18.3 Å². The van der Waals surface area contributed by atoms with Gasteiger partial charge < -0.3 is 5.32 Å². The molecule has 3 aromatic rings. The number of nitrogens with one attached hydrogen (secondary N) is 1. The Hall–Kier alpha value is -2.87. The minimum absolute atomic E-state index is 0.450. The Labute approximate surface area is 156 Å². The van der Waals surface area contributed by atoms with Gasteiger partial charge in [-0.1, -0.05) is 68.4 Å². The van der Waals surface area contributed by atoms with Crippen molar-refractivity contribution in [2.24, 2.45) is 4.99 Å². The van der Waals surface area contributed by atoms with Crippen LogP contribution in [-0.2, 0) is 0 Å². The van der Waals surface area contributed by atoms with Gasteiger partial charge in [0.15, 0.2) is 0 Å². The smallest absolute Gasteiger partial charge is 0.0664 e. The van der Waals surface area contributed by atoms with E-state index in [1.165, 1.54) is 16.7 Å². The molecule has 0 heterocycles. The van der Waals surface area contributed by atoms with Crippen LogP contribution in [0.25, 0.3) is 0 Å². The lowest BCUT2D eigenvalue weighted by Crippen LogP contribution is -1.99. The highest BCUT2D eigenvalue weighted by Gasteiger charge is 2.07. The van der Waals surface area contributed by atoms with E-state index in [0.29, 0.717) is 5.92 Å². The molecule has 0 aliphatic rings. The van der Waals surface area contributed by atoms with E-state index in [1.54, 1.807) is 0 Å². The van der Waals surface area contributed by atoms with E-state index < -0.39 is 0 Å². The Bertz CT molecular complexity index is 903. The third-order valence-corrected chi connectivity index (χ3v) is 4.60. The van der Waals surface area contributed by atoms with Crippen molar-refractivity contribution in [2.75, 3.05) is 5.32 Å². The van der Waals surface area contributed by atoms with Gasteiger partial charge in [-0.2, -0.15) is 0 Å². The molecule has 0 fully saturated rings. The average Bonchev–Trinajstić information content (AvgIpc) is 2.64. The highest BCUT2D eigenvalue weighted by atomic mass is 14.9.